The van der Waals surface area contributed by atoms with Crippen molar-refractivity contribution in [3.63, 3.8) is 0 Å². The molecule has 0 aliphatic heterocycles. The van der Waals surface area contributed by atoms with Crippen LogP contribution in [0.4, 0.5) is 0 Å². The van der Waals surface area contributed by atoms with Crippen molar-refractivity contribution in [1.29, 1.82) is 0 Å². The summed E-state index contributed by atoms with van der Waals surface area (Å²) in [4.78, 5) is 20.2. The Bertz CT molecular complexity index is 725. The number of hydrogen-bond donors (Lipinski definition) is 1. The van der Waals surface area contributed by atoms with Gasteiger partial charge in [-0.3, -0.25) is 9.78 Å². The monoisotopic (exact) mass is 314 g/mol. The zero-order valence-electron chi connectivity index (χ0n) is 11.7. The molecule has 0 bridgehead atoms. The molecule has 0 aliphatic rings. The SMILES string of the molecule is O=C(CCc1nc(-c2ccsc2)no1)NCc1ccccn1. The molecule has 3 aromatic heterocycles. The molecule has 3 rings (SSSR count). The Balaban J connectivity index is 1.47. The predicted octanol–water partition coefficient (Wildman–Crippen LogP) is 2.44. The fraction of sp³-hybridized carbons (Fsp3) is 0.200. The van der Waals surface area contributed by atoms with Crippen LogP contribution in [-0.2, 0) is 17.8 Å². The fourth-order valence-electron chi connectivity index (χ4n) is 1.87. The maximum absolute atomic E-state index is 11.8. The van der Waals surface area contributed by atoms with Crippen LogP contribution in [0.15, 0.2) is 45.7 Å². The van der Waals surface area contributed by atoms with Gasteiger partial charge in [-0.2, -0.15) is 16.3 Å². The first kappa shape index (κ1) is 14.4. The van der Waals surface area contributed by atoms with E-state index < -0.39 is 0 Å². The van der Waals surface area contributed by atoms with Gasteiger partial charge in [0, 0.05) is 30.0 Å². The number of amides is 1. The first-order valence-electron chi connectivity index (χ1n) is 6.83. The molecule has 3 aromatic rings. The number of thiophene rings is 1. The summed E-state index contributed by atoms with van der Waals surface area (Å²) in [5.41, 5.74) is 1.76. The lowest BCUT2D eigenvalue weighted by atomic mass is 10.3. The van der Waals surface area contributed by atoms with Crippen LogP contribution >= 0.6 is 11.3 Å². The quantitative estimate of drug-likeness (QED) is 0.756. The molecule has 1 amide bonds. The van der Waals surface area contributed by atoms with Gasteiger partial charge in [0.2, 0.25) is 17.6 Å². The Hall–Kier alpha value is -2.54. The van der Waals surface area contributed by atoms with Crippen molar-refractivity contribution < 1.29 is 9.32 Å². The molecule has 0 aliphatic carbocycles. The van der Waals surface area contributed by atoms with Crippen molar-refractivity contribution in [3.8, 4) is 11.4 Å². The normalized spacial score (nSPS) is 10.5. The van der Waals surface area contributed by atoms with Crippen LogP contribution in [0.3, 0.4) is 0 Å². The molecule has 0 radical (unpaired) electrons. The molecule has 112 valence electrons. The Morgan fingerprint density at radius 3 is 3.05 bits per heavy atom. The molecule has 1 N–H and O–H groups in total. The summed E-state index contributed by atoms with van der Waals surface area (Å²) in [5, 5.41) is 10.6. The number of hydrogen-bond acceptors (Lipinski definition) is 6. The first-order chi connectivity index (χ1) is 10.8. The molecule has 7 heteroatoms. The smallest absolute Gasteiger partial charge is 0.227 e. The Morgan fingerprint density at radius 1 is 1.32 bits per heavy atom. The maximum Gasteiger partial charge on any atom is 0.227 e. The highest BCUT2D eigenvalue weighted by atomic mass is 32.1. The Labute approximate surface area is 131 Å². The molecule has 6 nitrogen and oxygen atoms in total. The van der Waals surface area contributed by atoms with Crippen LogP contribution in [0, 0.1) is 0 Å². The largest absolute Gasteiger partial charge is 0.350 e. The number of nitrogens with one attached hydrogen (secondary N) is 1. The topological polar surface area (TPSA) is 80.9 Å². The average Bonchev–Trinajstić information content (AvgIpc) is 3.22. The number of carbonyl (C=O) groups is 1. The highest BCUT2D eigenvalue weighted by Gasteiger charge is 2.10. The summed E-state index contributed by atoms with van der Waals surface area (Å²) in [5.74, 6) is 0.959. The lowest BCUT2D eigenvalue weighted by Gasteiger charge is -2.03. The third-order valence-electron chi connectivity index (χ3n) is 3.01. The van der Waals surface area contributed by atoms with E-state index in [0.29, 0.717) is 31.1 Å². The second-order valence-corrected chi connectivity index (χ2v) is 5.40. The van der Waals surface area contributed by atoms with Crippen LogP contribution in [0.2, 0.25) is 0 Å². The zero-order chi connectivity index (χ0) is 15.2. The van der Waals surface area contributed by atoms with E-state index in [9.17, 15) is 4.79 Å². The summed E-state index contributed by atoms with van der Waals surface area (Å²) >= 11 is 1.57. The van der Waals surface area contributed by atoms with Crippen LogP contribution in [0.1, 0.15) is 18.0 Å². The number of pyridine rings is 1. The van der Waals surface area contributed by atoms with Crippen molar-refractivity contribution >= 4 is 17.2 Å². The number of rotatable bonds is 6. The van der Waals surface area contributed by atoms with E-state index in [4.69, 9.17) is 4.52 Å². The maximum atomic E-state index is 11.8. The molecule has 0 unspecified atom stereocenters. The van der Waals surface area contributed by atoms with Gasteiger partial charge in [-0.05, 0) is 23.6 Å². The lowest BCUT2D eigenvalue weighted by molar-refractivity contribution is -0.121. The van der Waals surface area contributed by atoms with Crippen molar-refractivity contribution in [1.82, 2.24) is 20.4 Å². The summed E-state index contributed by atoms with van der Waals surface area (Å²) in [6.07, 6.45) is 2.43. The van der Waals surface area contributed by atoms with Crippen LogP contribution < -0.4 is 5.32 Å². The lowest BCUT2D eigenvalue weighted by Crippen LogP contribution is -2.23. The van der Waals surface area contributed by atoms with E-state index in [1.807, 2.05) is 35.0 Å². The number of aryl methyl sites for hydroxylation is 1. The zero-order valence-corrected chi connectivity index (χ0v) is 12.5. The molecule has 0 atom stereocenters. The Kier molecular flexibility index (Phi) is 4.55. The molecule has 0 spiro atoms. The number of nitrogens with zero attached hydrogens (tertiary/aromatic N) is 3. The van der Waals surface area contributed by atoms with Gasteiger partial charge in [0.1, 0.15) is 0 Å². The molecule has 0 fully saturated rings. The van der Waals surface area contributed by atoms with Gasteiger partial charge in [0.05, 0.1) is 12.2 Å². The minimum absolute atomic E-state index is 0.0686. The summed E-state index contributed by atoms with van der Waals surface area (Å²) in [7, 11) is 0. The Morgan fingerprint density at radius 2 is 2.27 bits per heavy atom. The first-order valence-corrected chi connectivity index (χ1v) is 7.77. The van der Waals surface area contributed by atoms with E-state index in [2.05, 4.69) is 20.4 Å². The summed E-state index contributed by atoms with van der Waals surface area (Å²) < 4.78 is 5.15. The van der Waals surface area contributed by atoms with E-state index in [-0.39, 0.29) is 5.91 Å². The third-order valence-corrected chi connectivity index (χ3v) is 3.69. The molecule has 0 saturated heterocycles. The molecular formula is C15H14N4O2S. The van der Waals surface area contributed by atoms with E-state index in [0.717, 1.165) is 11.3 Å². The van der Waals surface area contributed by atoms with Crippen LogP contribution in [-0.4, -0.2) is 21.0 Å². The minimum atomic E-state index is -0.0686. The second kappa shape index (κ2) is 6.95. The summed E-state index contributed by atoms with van der Waals surface area (Å²) in [6.45, 7) is 0.420. The minimum Gasteiger partial charge on any atom is -0.350 e. The van der Waals surface area contributed by atoms with Crippen molar-refractivity contribution in [3.05, 3.63) is 52.8 Å². The molecule has 22 heavy (non-hydrogen) atoms. The molecule has 0 saturated carbocycles. The average molecular weight is 314 g/mol. The van der Waals surface area contributed by atoms with Crippen molar-refractivity contribution in [2.45, 2.75) is 19.4 Å². The van der Waals surface area contributed by atoms with Gasteiger partial charge in [0.15, 0.2) is 0 Å². The van der Waals surface area contributed by atoms with Gasteiger partial charge in [-0.25, -0.2) is 0 Å². The fourth-order valence-corrected chi connectivity index (χ4v) is 2.50. The van der Waals surface area contributed by atoms with E-state index >= 15 is 0 Å². The number of carbonyl (C=O) groups excluding carboxylic acids is 1. The molecule has 0 aromatic carbocycles. The van der Waals surface area contributed by atoms with Gasteiger partial charge in [-0.1, -0.05) is 11.2 Å². The van der Waals surface area contributed by atoms with Gasteiger partial charge >= 0.3 is 0 Å². The second-order valence-electron chi connectivity index (χ2n) is 4.62. The van der Waals surface area contributed by atoms with Crippen LogP contribution in [0.5, 0.6) is 0 Å². The summed E-state index contributed by atoms with van der Waals surface area (Å²) in [6, 6.07) is 7.52. The van der Waals surface area contributed by atoms with Crippen molar-refractivity contribution in [2.75, 3.05) is 0 Å². The third kappa shape index (κ3) is 3.76. The van der Waals surface area contributed by atoms with Gasteiger partial charge in [0.25, 0.3) is 0 Å². The highest BCUT2D eigenvalue weighted by molar-refractivity contribution is 7.08. The van der Waals surface area contributed by atoms with Gasteiger partial charge in [-0.15, -0.1) is 0 Å². The highest BCUT2D eigenvalue weighted by Crippen LogP contribution is 2.18. The van der Waals surface area contributed by atoms with Crippen LogP contribution in [0.25, 0.3) is 11.4 Å². The van der Waals surface area contributed by atoms with Crippen molar-refractivity contribution in [2.24, 2.45) is 0 Å². The van der Waals surface area contributed by atoms with E-state index in [1.54, 1.807) is 17.5 Å². The standard InChI is InChI=1S/C15H14N4O2S/c20-13(17-9-12-3-1-2-7-16-12)4-5-14-18-15(19-21-14)11-6-8-22-10-11/h1-3,6-8,10H,4-5,9H2,(H,17,20). The molecule has 3 heterocycles. The number of aromatic nitrogens is 3. The predicted molar refractivity (Wildman–Crippen MR) is 82.0 cm³/mol. The van der Waals surface area contributed by atoms with E-state index in [1.165, 1.54) is 0 Å². The molecular weight excluding hydrogens is 300 g/mol. The van der Waals surface area contributed by atoms with Gasteiger partial charge < -0.3 is 9.84 Å².